The Hall–Kier alpha value is -4.82. The first-order valence-corrected chi connectivity index (χ1v) is 11.5. The molecule has 2 nitrogen and oxygen atoms in total. The zero-order chi connectivity index (χ0) is 31.7. The Morgan fingerprint density at radius 3 is 2.06 bits per heavy atom. The second-order valence-corrected chi connectivity index (χ2v) is 8.43. The first-order chi connectivity index (χ1) is 21.6. The molecule has 1 heterocycles. The first kappa shape index (κ1) is 13.3. The fourth-order valence-electron chi connectivity index (χ4n) is 4.50. The van der Waals surface area contributed by atoms with Crippen LogP contribution in [0.15, 0.2) is 138 Å². The van der Waals surface area contributed by atoms with E-state index in [0.717, 1.165) is 43.8 Å². The van der Waals surface area contributed by atoms with E-state index in [1.807, 2.05) is 48.5 Å². The molecule has 0 aliphatic carbocycles. The molecule has 1 aromatic heterocycles. The van der Waals surface area contributed by atoms with Gasteiger partial charge in [-0.05, 0) is 75.4 Å². The molecule has 0 saturated heterocycles. The van der Waals surface area contributed by atoms with Crippen LogP contribution in [0.3, 0.4) is 0 Å². The lowest BCUT2D eigenvalue weighted by Gasteiger charge is -2.10. The minimum Gasteiger partial charge on any atom is -0.456 e. The fourth-order valence-corrected chi connectivity index (χ4v) is 4.50. The van der Waals surface area contributed by atoms with Crippen molar-refractivity contribution in [3.05, 3.63) is 133 Å². The Morgan fingerprint density at radius 1 is 0.556 bits per heavy atom. The van der Waals surface area contributed by atoms with Crippen LogP contribution in [0.25, 0.3) is 55.0 Å². The zero-order valence-corrected chi connectivity index (χ0v) is 18.9. The van der Waals surface area contributed by atoms with Crippen LogP contribution in [-0.2, 0) is 0 Å². The van der Waals surface area contributed by atoms with Gasteiger partial charge in [-0.25, -0.2) is 0 Å². The summed E-state index contributed by atoms with van der Waals surface area (Å²) >= 11 is 0. The molecule has 0 fully saturated rings. The summed E-state index contributed by atoms with van der Waals surface area (Å²) in [5, 5.41) is 7.19. The molecule has 0 unspecified atom stereocenters. The maximum Gasteiger partial charge on any atom is 0.136 e. The van der Waals surface area contributed by atoms with Gasteiger partial charge in [0.05, 0.1) is 12.3 Å². The molecule has 2 heteroatoms. The van der Waals surface area contributed by atoms with Crippen molar-refractivity contribution in [2.24, 2.45) is 0 Å². The summed E-state index contributed by atoms with van der Waals surface area (Å²) in [7, 11) is 0. The van der Waals surface area contributed by atoms with E-state index in [1.165, 1.54) is 0 Å². The molecule has 0 bridgehead atoms. The van der Waals surface area contributed by atoms with Crippen LogP contribution in [0.5, 0.6) is 0 Å². The van der Waals surface area contributed by atoms with Crippen LogP contribution < -0.4 is 5.32 Å². The minimum absolute atomic E-state index is 0.0938. The average molecular weight is 471 g/mol. The summed E-state index contributed by atoms with van der Waals surface area (Å²) in [6, 6.07) is 20.7. The molecular formula is C34H23NO. The summed E-state index contributed by atoms with van der Waals surface area (Å²) in [5.74, 6) is 0. The molecule has 0 aliphatic heterocycles. The average Bonchev–Trinajstić information content (AvgIpc) is 3.42. The molecule has 0 saturated carbocycles. The molecule has 1 N–H and O–H groups in total. The Bertz CT molecular complexity index is 2290. The number of nitrogens with one attached hydrogen (secondary N) is 1. The van der Waals surface area contributed by atoms with E-state index in [1.54, 1.807) is 12.1 Å². The second kappa shape index (κ2) is 8.44. The quantitative estimate of drug-likeness (QED) is 0.277. The highest BCUT2D eigenvalue weighted by Gasteiger charge is 2.13. The zero-order valence-electron chi connectivity index (χ0n) is 27.9. The summed E-state index contributed by atoms with van der Waals surface area (Å²) in [6.07, 6.45) is 0. The molecule has 36 heavy (non-hydrogen) atoms. The lowest BCUT2D eigenvalue weighted by molar-refractivity contribution is 0.669. The van der Waals surface area contributed by atoms with Gasteiger partial charge in [0.15, 0.2) is 0 Å². The normalized spacial score (nSPS) is 14.8. The molecule has 0 radical (unpaired) electrons. The predicted octanol–water partition coefficient (Wildman–Crippen LogP) is 9.82. The van der Waals surface area contributed by atoms with E-state index >= 15 is 0 Å². The number of hydrogen-bond donors (Lipinski definition) is 1. The third kappa shape index (κ3) is 3.60. The number of rotatable bonds is 4. The molecule has 0 spiro atoms. The van der Waals surface area contributed by atoms with Crippen molar-refractivity contribution in [2.75, 3.05) is 5.32 Å². The lowest BCUT2D eigenvalue weighted by atomic mass is 9.98. The number of benzene rings is 6. The molecule has 7 aromatic rings. The first-order valence-electron chi connectivity index (χ1n) is 16.0. The smallest absolute Gasteiger partial charge is 0.136 e. The second-order valence-electron chi connectivity index (χ2n) is 8.43. The van der Waals surface area contributed by atoms with Crippen LogP contribution in [0.4, 0.5) is 11.4 Å². The highest BCUT2D eigenvalue weighted by molar-refractivity contribution is 6.15. The topological polar surface area (TPSA) is 25.2 Å². The van der Waals surface area contributed by atoms with E-state index in [2.05, 4.69) is 23.5 Å². The van der Waals surface area contributed by atoms with Gasteiger partial charge < -0.3 is 9.73 Å². The number of anilines is 2. The van der Waals surface area contributed by atoms with Gasteiger partial charge in [-0.3, -0.25) is 0 Å². The van der Waals surface area contributed by atoms with Crippen molar-refractivity contribution in [3.8, 4) is 22.3 Å². The summed E-state index contributed by atoms with van der Waals surface area (Å²) in [6.45, 7) is 0. The van der Waals surface area contributed by atoms with Crippen molar-refractivity contribution in [2.45, 2.75) is 0 Å². The van der Waals surface area contributed by atoms with Crippen molar-refractivity contribution >= 4 is 44.1 Å². The van der Waals surface area contributed by atoms with Crippen molar-refractivity contribution < 1.29 is 16.8 Å². The predicted molar refractivity (Wildman–Crippen MR) is 152 cm³/mol. The van der Waals surface area contributed by atoms with Crippen LogP contribution in [-0.4, -0.2) is 0 Å². The van der Waals surface area contributed by atoms with E-state index in [9.17, 15) is 0 Å². The van der Waals surface area contributed by atoms with Crippen LogP contribution >= 0.6 is 0 Å². The largest absolute Gasteiger partial charge is 0.456 e. The lowest BCUT2D eigenvalue weighted by Crippen LogP contribution is -1.90. The molecule has 0 atom stereocenters. The highest BCUT2D eigenvalue weighted by atomic mass is 16.3. The molecule has 170 valence electrons. The van der Waals surface area contributed by atoms with Crippen molar-refractivity contribution in [1.82, 2.24) is 0 Å². The van der Waals surface area contributed by atoms with E-state index in [4.69, 9.17) is 16.8 Å². The molecule has 7 rings (SSSR count). The number of fused-ring (bicyclic) bond motifs is 4. The number of furan rings is 1. The fraction of sp³-hybridized carbons (Fsp3) is 0. The van der Waals surface area contributed by atoms with Gasteiger partial charge in [0, 0.05) is 22.1 Å². The van der Waals surface area contributed by atoms with Gasteiger partial charge in [-0.1, -0.05) is 90.8 Å². The van der Waals surface area contributed by atoms with Gasteiger partial charge >= 0.3 is 0 Å². The summed E-state index contributed by atoms with van der Waals surface area (Å²) < 4.78 is 81.0. The Kier molecular flexibility index (Phi) is 3.12. The SMILES string of the molecule is [2H]c1c([2H])c([2H])c(-c2c([2H])c([2H])c(Nc3ccc(-c4cccc5oc6cc7ccccc7cc6c45)cc3)c([2H])c2[2H])c([2H])c1[2H]. The van der Waals surface area contributed by atoms with Crippen LogP contribution in [0, 0.1) is 0 Å². The van der Waals surface area contributed by atoms with Crippen LogP contribution in [0.1, 0.15) is 12.3 Å². The number of hydrogen-bond acceptors (Lipinski definition) is 2. The molecular weight excluding hydrogens is 438 g/mol. The monoisotopic (exact) mass is 470 g/mol. The third-order valence-corrected chi connectivity index (χ3v) is 6.20. The summed E-state index contributed by atoms with van der Waals surface area (Å²) in [4.78, 5) is 0. The minimum atomic E-state index is -0.613. The van der Waals surface area contributed by atoms with Gasteiger partial charge in [0.2, 0.25) is 0 Å². The molecule has 6 aromatic carbocycles. The van der Waals surface area contributed by atoms with Crippen LogP contribution in [0.2, 0.25) is 0 Å². The van der Waals surface area contributed by atoms with Gasteiger partial charge in [0.1, 0.15) is 11.2 Å². The standard InChI is InChI=1S/C34H23NO/c1-2-7-23(8-3-1)24-13-17-28(18-14-24)35-29-19-15-25(16-20-29)30-11-6-12-32-34(30)31-21-26-9-4-5-10-27(26)22-33(31)36-32/h1-22,35H/i1D,2D,3D,7D,8D,13D,14D,17D,18D. The van der Waals surface area contributed by atoms with Gasteiger partial charge in [-0.2, -0.15) is 0 Å². The van der Waals surface area contributed by atoms with E-state index < -0.39 is 54.4 Å². The third-order valence-electron chi connectivity index (χ3n) is 6.20. The summed E-state index contributed by atoms with van der Waals surface area (Å²) in [5.41, 5.74) is 3.15. The maximum atomic E-state index is 8.63. The Balaban J connectivity index is 1.28. The van der Waals surface area contributed by atoms with E-state index in [0.29, 0.717) is 5.69 Å². The van der Waals surface area contributed by atoms with E-state index in [-0.39, 0.29) is 16.8 Å². The molecule has 0 aliphatic rings. The van der Waals surface area contributed by atoms with Crippen molar-refractivity contribution in [3.63, 3.8) is 0 Å². The molecule has 0 amide bonds. The Morgan fingerprint density at radius 2 is 1.28 bits per heavy atom. The van der Waals surface area contributed by atoms with Gasteiger partial charge in [-0.15, -0.1) is 0 Å². The highest BCUT2D eigenvalue weighted by Crippen LogP contribution is 2.38. The maximum absolute atomic E-state index is 8.63. The van der Waals surface area contributed by atoms with Gasteiger partial charge in [0.25, 0.3) is 0 Å². The van der Waals surface area contributed by atoms with Crippen molar-refractivity contribution in [1.29, 1.82) is 0 Å². The Labute approximate surface area is 222 Å².